The molecule has 0 saturated carbocycles. The van der Waals surface area contributed by atoms with Crippen LogP contribution in [-0.4, -0.2) is 43.9 Å². The topological polar surface area (TPSA) is 74.3 Å². The molecule has 1 fully saturated rings. The van der Waals surface area contributed by atoms with Crippen LogP contribution in [0.1, 0.15) is 26.2 Å². The van der Waals surface area contributed by atoms with Gasteiger partial charge in [-0.15, -0.1) is 11.3 Å². The number of hydrogen-bond acceptors (Lipinski definition) is 5. The lowest BCUT2D eigenvalue weighted by Gasteiger charge is -2.31. The van der Waals surface area contributed by atoms with Crippen molar-refractivity contribution in [1.29, 1.82) is 0 Å². The smallest absolute Gasteiger partial charge is 0.303 e. The Morgan fingerprint density at radius 2 is 2.20 bits per heavy atom. The van der Waals surface area contributed by atoms with E-state index >= 15 is 0 Å². The molecular formula is C12H22N4O2S2. The van der Waals surface area contributed by atoms with Crippen LogP contribution in [0, 0.1) is 5.92 Å². The van der Waals surface area contributed by atoms with Gasteiger partial charge in [0.15, 0.2) is 5.13 Å². The Kier molecular flexibility index (Phi) is 5.76. The molecule has 0 atom stereocenters. The molecule has 2 rings (SSSR count). The van der Waals surface area contributed by atoms with Gasteiger partial charge in [0.1, 0.15) is 0 Å². The maximum atomic E-state index is 12.2. The van der Waals surface area contributed by atoms with Crippen molar-refractivity contribution in [2.75, 3.05) is 30.9 Å². The van der Waals surface area contributed by atoms with E-state index in [9.17, 15) is 8.42 Å². The lowest BCUT2D eigenvalue weighted by atomic mass is 9.98. The highest BCUT2D eigenvalue weighted by Gasteiger charge is 2.28. The van der Waals surface area contributed by atoms with E-state index in [2.05, 4.69) is 21.9 Å². The zero-order valence-corrected chi connectivity index (χ0v) is 13.3. The zero-order valence-electron chi connectivity index (χ0n) is 11.7. The fourth-order valence-corrected chi connectivity index (χ4v) is 4.26. The molecule has 8 heteroatoms. The van der Waals surface area contributed by atoms with Gasteiger partial charge in [0.05, 0.1) is 0 Å². The summed E-state index contributed by atoms with van der Waals surface area (Å²) in [6.45, 7) is 5.33. The van der Waals surface area contributed by atoms with Gasteiger partial charge in [-0.05, 0) is 38.3 Å². The van der Waals surface area contributed by atoms with Gasteiger partial charge >= 0.3 is 10.2 Å². The second-order valence-corrected chi connectivity index (χ2v) is 7.56. The lowest BCUT2D eigenvalue weighted by Crippen LogP contribution is -2.43. The summed E-state index contributed by atoms with van der Waals surface area (Å²) in [6.07, 6.45) is 4.55. The van der Waals surface area contributed by atoms with Gasteiger partial charge < -0.3 is 5.32 Å². The average Bonchev–Trinajstić information content (AvgIpc) is 2.92. The molecule has 0 aliphatic carbocycles. The second-order valence-electron chi connectivity index (χ2n) is 4.99. The first kappa shape index (κ1) is 15.7. The summed E-state index contributed by atoms with van der Waals surface area (Å²) < 4.78 is 28.4. The van der Waals surface area contributed by atoms with Crippen molar-refractivity contribution >= 4 is 26.7 Å². The molecule has 0 amide bonds. The van der Waals surface area contributed by atoms with Crippen LogP contribution in [0.25, 0.3) is 0 Å². The highest BCUT2D eigenvalue weighted by Crippen LogP contribution is 2.21. The first-order chi connectivity index (χ1) is 9.62. The predicted octanol–water partition coefficient (Wildman–Crippen LogP) is 1.51. The monoisotopic (exact) mass is 318 g/mol. The zero-order chi connectivity index (χ0) is 14.4. The van der Waals surface area contributed by atoms with Crippen LogP contribution in [0.5, 0.6) is 0 Å². The number of thiazole rings is 1. The molecule has 0 unspecified atom stereocenters. The van der Waals surface area contributed by atoms with E-state index in [1.807, 2.05) is 0 Å². The number of rotatable bonds is 7. The van der Waals surface area contributed by atoms with Gasteiger partial charge in [0.25, 0.3) is 0 Å². The van der Waals surface area contributed by atoms with Crippen LogP contribution in [0.15, 0.2) is 11.6 Å². The predicted molar refractivity (Wildman–Crippen MR) is 82.1 cm³/mol. The van der Waals surface area contributed by atoms with Gasteiger partial charge in [0.2, 0.25) is 0 Å². The van der Waals surface area contributed by atoms with Gasteiger partial charge in [-0.25, -0.2) is 9.71 Å². The Morgan fingerprint density at radius 1 is 1.45 bits per heavy atom. The summed E-state index contributed by atoms with van der Waals surface area (Å²) in [5.41, 5.74) is 0. The minimum Gasteiger partial charge on any atom is -0.316 e. The number of nitrogens with one attached hydrogen (secondary N) is 2. The molecule has 2 heterocycles. The standard InChI is InChI=1S/C12H22N4O2S2/c1-2-5-13-10-11-3-7-16(8-4-11)20(17,18)15-12-14-6-9-19-12/h6,9,11,13H,2-5,7-8,10H2,1H3,(H,14,15). The fourth-order valence-electron chi connectivity index (χ4n) is 2.29. The Balaban J connectivity index is 1.80. The van der Waals surface area contributed by atoms with Crippen molar-refractivity contribution in [2.24, 2.45) is 5.92 Å². The molecule has 0 spiro atoms. The third kappa shape index (κ3) is 4.41. The minimum atomic E-state index is -3.44. The van der Waals surface area contributed by atoms with Crippen molar-refractivity contribution in [1.82, 2.24) is 14.6 Å². The Labute approximate surface area is 124 Å². The first-order valence-corrected chi connectivity index (χ1v) is 9.32. The largest absolute Gasteiger partial charge is 0.316 e. The van der Waals surface area contributed by atoms with Crippen LogP contribution in [0.2, 0.25) is 0 Å². The Morgan fingerprint density at radius 3 is 2.80 bits per heavy atom. The van der Waals surface area contributed by atoms with E-state index in [-0.39, 0.29) is 0 Å². The van der Waals surface area contributed by atoms with Crippen LogP contribution in [0.4, 0.5) is 5.13 Å². The molecule has 2 N–H and O–H groups in total. The van der Waals surface area contributed by atoms with Gasteiger partial charge in [-0.2, -0.15) is 12.7 Å². The molecule has 114 valence electrons. The van der Waals surface area contributed by atoms with Crippen molar-refractivity contribution in [3.05, 3.63) is 11.6 Å². The number of aromatic nitrogens is 1. The van der Waals surface area contributed by atoms with Crippen LogP contribution in [-0.2, 0) is 10.2 Å². The van der Waals surface area contributed by atoms with Crippen molar-refractivity contribution in [2.45, 2.75) is 26.2 Å². The van der Waals surface area contributed by atoms with Crippen molar-refractivity contribution < 1.29 is 8.42 Å². The quantitative estimate of drug-likeness (QED) is 0.747. The molecular weight excluding hydrogens is 296 g/mol. The van der Waals surface area contributed by atoms with E-state index < -0.39 is 10.2 Å². The Bertz CT molecular complexity index is 482. The second kappa shape index (κ2) is 7.35. The summed E-state index contributed by atoms with van der Waals surface area (Å²) in [6, 6.07) is 0. The number of anilines is 1. The molecule has 20 heavy (non-hydrogen) atoms. The van der Waals surface area contributed by atoms with E-state index in [0.717, 1.165) is 32.4 Å². The third-order valence-electron chi connectivity index (χ3n) is 3.42. The lowest BCUT2D eigenvalue weighted by molar-refractivity contribution is 0.269. The summed E-state index contributed by atoms with van der Waals surface area (Å²) in [5.74, 6) is 0.577. The molecule has 1 saturated heterocycles. The average molecular weight is 318 g/mol. The molecule has 0 radical (unpaired) electrons. The van der Waals surface area contributed by atoms with Gasteiger partial charge in [-0.1, -0.05) is 6.92 Å². The molecule has 1 aliphatic rings. The SMILES string of the molecule is CCCNCC1CCN(S(=O)(=O)Nc2nccs2)CC1. The van der Waals surface area contributed by atoms with Crippen LogP contribution in [0.3, 0.4) is 0 Å². The maximum absolute atomic E-state index is 12.2. The summed E-state index contributed by atoms with van der Waals surface area (Å²) in [7, 11) is -3.44. The molecule has 6 nitrogen and oxygen atoms in total. The van der Waals surface area contributed by atoms with Crippen molar-refractivity contribution in [3.63, 3.8) is 0 Å². The summed E-state index contributed by atoms with van der Waals surface area (Å²) >= 11 is 1.29. The highest BCUT2D eigenvalue weighted by atomic mass is 32.2. The highest BCUT2D eigenvalue weighted by molar-refractivity contribution is 7.90. The molecule has 0 aromatic carbocycles. The Hall–Kier alpha value is -0.700. The summed E-state index contributed by atoms with van der Waals surface area (Å²) in [5, 5.41) is 5.58. The van der Waals surface area contributed by atoms with Crippen LogP contribution >= 0.6 is 11.3 Å². The van der Waals surface area contributed by atoms with Gasteiger partial charge in [-0.3, -0.25) is 0 Å². The fraction of sp³-hybridized carbons (Fsp3) is 0.750. The van der Waals surface area contributed by atoms with E-state index in [0.29, 0.717) is 24.1 Å². The molecule has 0 bridgehead atoms. The summed E-state index contributed by atoms with van der Waals surface area (Å²) in [4.78, 5) is 3.95. The molecule has 1 aliphatic heterocycles. The van der Waals surface area contributed by atoms with Gasteiger partial charge in [0, 0.05) is 24.7 Å². The van der Waals surface area contributed by atoms with E-state index in [1.54, 1.807) is 11.6 Å². The number of hydrogen-bond donors (Lipinski definition) is 2. The third-order valence-corrected chi connectivity index (χ3v) is 5.74. The number of piperidine rings is 1. The van der Waals surface area contributed by atoms with E-state index in [1.165, 1.54) is 15.6 Å². The first-order valence-electron chi connectivity index (χ1n) is 7.00. The van der Waals surface area contributed by atoms with Crippen LogP contribution < -0.4 is 10.0 Å². The maximum Gasteiger partial charge on any atom is 0.303 e. The normalized spacial score (nSPS) is 18.2. The van der Waals surface area contributed by atoms with E-state index in [4.69, 9.17) is 0 Å². The number of nitrogens with zero attached hydrogens (tertiary/aromatic N) is 2. The molecule has 1 aromatic heterocycles. The molecule has 1 aromatic rings. The minimum absolute atomic E-state index is 0.428. The van der Waals surface area contributed by atoms with Crippen molar-refractivity contribution in [3.8, 4) is 0 Å².